The van der Waals surface area contributed by atoms with Gasteiger partial charge in [-0.2, -0.15) is 5.10 Å². The highest BCUT2D eigenvalue weighted by molar-refractivity contribution is 5.01. The first kappa shape index (κ1) is 8.75. The van der Waals surface area contributed by atoms with E-state index in [-0.39, 0.29) is 0 Å². The molecule has 2 heterocycles. The zero-order chi connectivity index (χ0) is 9.26. The third kappa shape index (κ3) is 1.75. The van der Waals surface area contributed by atoms with Crippen molar-refractivity contribution < 1.29 is 0 Å². The number of rotatable bonds is 3. The van der Waals surface area contributed by atoms with E-state index in [1.807, 2.05) is 6.20 Å². The predicted octanol–water partition coefficient (Wildman–Crippen LogP) is 1.35. The molecule has 0 spiro atoms. The summed E-state index contributed by atoms with van der Waals surface area (Å²) in [7, 11) is 0. The van der Waals surface area contributed by atoms with Crippen molar-refractivity contribution in [2.24, 2.45) is 5.92 Å². The molecule has 0 radical (unpaired) electrons. The molecule has 0 unspecified atom stereocenters. The van der Waals surface area contributed by atoms with Gasteiger partial charge in [0.1, 0.15) is 0 Å². The molecule has 0 saturated carbocycles. The van der Waals surface area contributed by atoms with Crippen molar-refractivity contribution in [3.8, 4) is 0 Å². The van der Waals surface area contributed by atoms with Crippen LogP contribution < -0.4 is 0 Å². The van der Waals surface area contributed by atoms with E-state index in [4.69, 9.17) is 0 Å². The maximum absolute atomic E-state index is 4.26. The van der Waals surface area contributed by atoms with Gasteiger partial charge in [-0.1, -0.05) is 6.92 Å². The number of aryl methyl sites for hydroxylation is 1. The predicted molar refractivity (Wildman–Crippen MR) is 52.3 cm³/mol. The first-order valence-electron chi connectivity index (χ1n) is 5.02. The molecule has 1 aliphatic heterocycles. The fourth-order valence-corrected chi connectivity index (χ4v) is 1.97. The number of hydrogen-bond donors (Lipinski definition) is 0. The first-order valence-corrected chi connectivity index (χ1v) is 5.02. The van der Waals surface area contributed by atoms with Gasteiger partial charge < -0.3 is 0 Å². The standard InChI is InChI=1S/C10H17N3/c1-3-13-10(4-5-11-13)8-12-6-9(2)7-12/h4-5,9H,3,6-8H2,1-2H3. The van der Waals surface area contributed by atoms with E-state index in [0.717, 1.165) is 19.0 Å². The third-order valence-corrected chi connectivity index (χ3v) is 2.63. The van der Waals surface area contributed by atoms with Crippen molar-refractivity contribution >= 4 is 0 Å². The summed E-state index contributed by atoms with van der Waals surface area (Å²) in [5, 5.41) is 4.26. The van der Waals surface area contributed by atoms with Crippen molar-refractivity contribution in [1.29, 1.82) is 0 Å². The molecule has 1 fully saturated rings. The smallest absolute Gasteiger partial charge is 0.0524 e. The van der Waals surface area contributed by atoms with Gasteiger partial charge in [-0.05, 0) is 18.9 Å². The number of hydrogen-bond acceptors (Lipinski definition) is 2. The van der Waals surface area contributed by atoms with Crippen molar-refractivity contribution in [2.45, 2.75) is 26.9 Å². The van der Waals surface area contributed by atoms with Crippen LogP contribution in [0.4, 0.5) is 0 Å². The third-order valence-electron chi connectivity index (χ3n) is 2.63. The van der Waals surface area contributed by atoms with Crippen LogP contribution in [0.1, 0.15) is 19.5 Å². The van der Waals surface area contributed by atoms with Crippen LogP contribution in [0.15, 0.2) is 12.3 Å². The monoisotopic (exact) mass is 179 g/mol. The summed E-state index contributed by atoms with van der Waals surface area (Å²) in [5.74, 6) is 0.887. The number of nitrogens with zero attached hydrogens (tertiary/aromatic N) is 3. The van der Waals surface area contributed by atoms with Gasteiger partial charge in [0.2, 0.25) is 0 Å². The molecule has 0 aromatic carbocycles. The Hall–Kier alpha value is -0.830. The quantitative estimate of drug-likeness (QED) is 0.698. The van der Waals surface area contributed by atoms with Crippen molar-refractivity contribution in [3.63, 3.8) is 0 Å². The average molecular weight is 179 g/mol. The fraction of sp³-hybridized carbons (Fsp3) is 0.700. The van der Waals surface area contributed by atoms with Gasteiger partial charge in [0.15, 0.2) is 0 Å². The zero-order valence-corrected chi connectivity index (χ0v) is 8.40. The maximum atomic E-state index is 4.26. The Morgan fingerprint density at radius 2 is 2.31 bits per heavy atom. The second kappa shape index (κ2) is 3.50. The Bertz CT molecular complexity index is 273. The molecular formula is C10H17N3. The van der Waals surface area contributed by atoms with Crippen LogP contribution in [0.3, 0.4) is 0 Å². The highest BCUT2D eigenvalue weighted by atomic mass is 15.3. The lowest BCUT2D eigenvalue weighted by Crippen LogP contribution is -2.44. The summed E-state index contributed by atoms with van der Waals surface area (Å²) in [4.78, 5) is 2.47. The minimum atomic E-state index is 0.887. The van der Waals surface area contributed by atoms with E-state index in [0.29, 0.717) is 0 Å². The second-order valence-electron chi connectivity index (χ2n) is 3.94. The normalized spacial score (nSPS) is 18.9. The van der Waals surface area contributed by atoms with Crippen molar-refractivity contribution in [2.75, 3.05) is 13.1 Å². The molecule has 1 aromatic heterocycles. The molecule has 0 N–H and O–H groups in total. The van der Waals surface area contributed by atoms with Crippen LogP contribution in [-0.4, -0.2) is 27.8 Å². The van der Waals surface area contributed by atoms with Crippen LogP contribution in [0.25, 0.3) is 0 Å². The molecular weight excluding hydrogens is 162 g/mol. The second-order valence-corrected chi connectivity index (χ2v) is 3.94. The lowest BCUT2D eigenvalue weighted by atomic mass is 10.0. The SMILES string of the molecule is CCn1nccc1CN1CC(C)C1. The van der Waals surface area contributed by atoms with E-state index in [9.17, 15) is 0 Å². The van der Waals surface area contributed by atoms with Gasteiger partial charge in [0, 0.05) is 32.4 Å². The number of aromatic nitrogens is 2. The fourth-order valence-electron chi connectivity index (χ4n) is 1.97. The van der Waals surface area contributed by atoms with Gasteiger partial charge in [-0.25, -0.2) is 0 Å². The molecule has 1 aromatic rings. The largest absolute Gasteiger partial charge is 0.297 e. The Kier molecular flexibility index (Phi) is 2.36. The van der Waals surface area contributed by atoms with E-state index < -0.39 is 0 Å². The lowest BCUT2D eigenvalue weighted by molar-refractivity contribution is 0.101. The van der Waals surface area contributed by atoms with Gasteiger partial charge in [0.25, 0.3) is 0 Å². The molecule has 1 aliphatic rings. The molecule has 72 valence electrons. The Balaban J connectivity index is 1.94. The molecule has 2 rings (SSSR count). The molecule has 3 nitrogen and oxygen atoms in total. The minimum absolute atomic E-state index is 0.887. The molecule has 13 heavy (non-hydrogen) atoms. The van der Waals surface area contributed by atoms with Gasteiger partial charge in [0.05, 0.1) is 5.69 Å². The maximum Gasteiger partial charge on any atom is 0.0524 e. The molecule has 0 amide bonds. The van der Waals surface area contributed by atoms with E-state index in [1.165, 1.54) is 18.8 Å². The topological polar surface area (TPSA) is 21.1 Å². The van der Waals surface area contributed by atoms with E-state index in [1.54, 1.807) is 0 Å². The zero-order valence-electron chi connectivity index (χ0n) is 8.40. The number of likely N-dealkylation sites (tertiary alicyclic amines) is 1. The van der Waals surface area contributed by atoms with Gasteiger partial charge in [-0.15, -0.1) is 0 Å². The Morgan fingerprint density at radius 1 is 1.54 bits per heavy atom. The van der Waals surface area contributed by atoms with Crippen LogP contribution in [-0.2, 0) is 13.1 Å². The average Bonchev–Trinajstić information content (AvgIpc) is 2.49. The minimum Gasteiger partial charge on any atom is -0.297 e. The van der Waals surface area contributed by atoms with Crippen LogP contribution in [0, 0.1) is 5.92 Å². The van der Waals surface area contributed by atoms with Crippen LogP contribution in [0.2, 0.25) is 0 Å². The van der Waals surface area contributed by atoms with Crippen molar-refractivity contribution in [3.05, 3.63) is 18.0 Å². The molecule has 0 atom stereocenters. The highest BCUT2D eigenvalue weighted by Gasteiger charge is 2.22. The van der Waals surface area contributed by atoms with Gasteiger partial charge in [-0.3, -0.25) is 9.58 Å². The van der Waals surface area contributed by atoms with Crippen LogP contribution in [0.5, 0.6) is 0 Å². The highest BCUT2D eigenvalue weighted by Crippen LogP contribution is 2.17. The molecule has 0 bridgehead atoms. The van der Waals surface area contributed by atoms with E-state index in [2.05, 4.69) is 34.6 Å². The summed E-state index contributed by atoms with van der Waals surface area (Å²) >= 11 is 0. The summed E-state index contributed by atoms with van der Waals surface area (Å²) in [6.07, 6.45) is 1.89. The lowest BCUT2D eigenvalue weighted by Gasteiger charge is -2.37. The summed E-state index contributed by atoms with van der Waals surface area (Å²) in [5.41, 5.74) is 1.34. The Morgan fingerprint density at radius 3 is 2.92 bits per heavy atom. The van der Waals surface area contributed by atoms with Crippen LogP contribution >= 0.6 is 0 Å². The van der Waals surface area contributed by atoms with Gasteiger partial charge >= 0.3 is 0 Å². The van der Waals surface area contributed by atoms with Crippen molar-refractivity contribution in [1.82, 2.24) is 14.7 Å². The molecule has 3 heteroatoms. The first-order chi connectivity index (χ1) is 6.29. The molecule has 1 saturated heterocycles. The Labute approximate surface area is 79.3 Å². The molecule has 0 aliphatic carbocycles. The summed E-state index contributed by atoms with van der Waals surface area (Å²) in [6, 6.07) is 2.12. The summed E-state index contributed by atoms with van der Waals surface area (Å²) in [6.45, 7) is 8.97. The van der Waals surface area contributed by atoms with E-state index >= 15 is 0 Å². The summed E-state index contributed by atoms with van der Waals surface area (Å²) < 4.78 is 2.07.